The van der Waals surface area contributed by atoms with E-state index < -0.39 is 6.10 Å². The molecule has 0 saturated carbocycles. The van der Waals surface area contributed by atoms with Gasteiger partial charge in [-0.1, -0.05) is 35.9 Å². The van der Waals surface area contributed by atoms with Gasteiger partial charge in [-0.3, -0.25) is 9.78 Å². The van der Waals surface area contributed by atoms with Gasteiger partial charge in [-0.2, -0.15) is 0 Å². The molecule has 1 aliphatic rings. The van der Waals surface area contributed by atoms with Crippen molar-refractivity contribution in [3.63, 3.8) is 0 Å². The van der Waals surface area contributed by atoms with E-state index in [1.807, 2.05) is 36.4 Å². The number of aromatic nitrogens is 1. The van der Waals surface area contributed by atoms with Crippen molar-refractivity contribution in [2.24, 2.45) is 0 Å². The maximum absolute atomic E-state index is 11.9. The van der Waals surface area contributed by atoms with Crippen molar-refractivity contribution in [3.8, 4) is 11.1 Å². The van der Waals surface area contributed by atoms with Crippen molar-refractivity contribution in [1.29, 1.82) is 0 Å². The first-order valence-electron chi connectivity index (χ1n) is 7.28. The molecular weight excluding hydrogens is 298 g/mol. The Morgan fingerprint density at radius 1 is 1.23 bits per heavy atom. The first kappa shape index (κ1) is 14.9. The molecule has 3 nitrogen and oxygen atoms in total. The van der Waals surface area contributed by atoms with Gasteiger partial charge in [0.15, 0.2) is 5.78 Å². The van der Waals surface area contributed by atoms with Gasteiger partial charge in [-0.25, -0.2) is 0 Å². The predicted molar refractivity (Wildman–Crippen MR) is 86.6 cm³/mol. The maximum Gasteiger partial charge on any atom is 0.161 e. The predicted octanol–water partition coefficient (Wildman–Crippen LogP) is 4.11. The summed E-state index contributed by atoms with van der Waals surface area (Å²) in [4.78, 5) is 16.1. The third-order valence-corrected chi connectivity index (χ3v) is 4.18. The van der Waals surface area contributed by atoms with Crippen LogP contribution in [0.1, 0.15) is 30.9 Å². The average Bonchev–Trinajstić information content (AvgIpc) is 2.55. The van der Waals surface area contributed by atoms with Crippen LogP contribution in [0.2, 0.25) is 5.02 Å². The van der Waals surface area contributed by atoms with Crippen molar-refractivity contribution >= 4 is 17.4 Å². The molecule has 0 spiro atoms. The molecule has 1 atom stereocenters. The normalized spacial score (nSPS) is 16.3. The lowest BCUT2D eigenvalue weighted by Gasteiger charge is -2.18. The van der Waals surface area contributed by atoms with Crippen LogP contribution < -0.4 is 0 Å². The molecule has 1 heterocycles. The number of allylic oxidation sites excluding steroid dienone is 1. The molecule has 0 fully saturated rings. The van der Waals surface area contributed by atoms with Gasteiger partial charge < -0.3 is 5.11 Å². The first-order valence-corrected chi connectivity index (χ1v) is 7.66. The number of Topliss-reactive ketones (excluding diaryl/α,β-unsaturated/α-hetero) is 1. The Bertz CT molecular complexity index is 739. The number of aliphatic hydroxyl groups excluding tert-OH is 1. The molecule has 4 heteroatoms. The smallest absolute Gasteiger partial charge is 0.161 e. The molecule has 0 bridgehead atoms. The highest BCUT2D eigenvalue weighted by Crippen LogP contribution is 2.31. The molecule has 0 radical (unpaired) electrons. The number of rotatable bonds is 3. The van der Waals surface area contributed by atoms with Gasteiger partial charge in [-0.05, 0) is 25.0 Å². The number of ketones is 1. The second-order valence-corrected chi connectivity index (χ2v) is 5.77. The van der Waals surface area contributed by atoms with Gasteiger partial charge in [0.1, 0.15) is 6.10 Å². The van der Waals surface area contributed by atoms with Gasteiger partial charge in [0.25, 0.3) is 0 Å². The standard InChI is InChI=1S/C18H16ClNO2/c19-16-7-3-1-5-14(16)12-9-13(11-20-10-12)18(22)15-6-2-4-8-17(15)21/h1,3,5-7,9-11,18,22H,2,4,8H2. The van der Waals surface area contributed by atoms with Crippen LogP contribution in [0.5, 0.6) is 0 Å². The third-order valence-electron chi connectivity index (χ3n) is 3.85. The lowest BCUT2D eigenvalue weighted by Crippen LogP contribution is -2.14. The summed E-state index contributed by atoms with van der Waals surface area (Å²) in [6, 6.07) is 9.32. The minimum atomic E-state index is -0.928. The summed E-state index contributed by atoms with van der Waals surface area (Å²) in [6.07, 6.45) is 6.38. The van der Waals surface area contributed by atoms with E-state index in [-0.39, 0.29) is 5.78 Å². The minimum Gasteiger partial charge on any atom is -0.383 e. The molecule has 1 aliphatic carbocycles. The number of halogens is 1. The van der Waals surface area contributed by atoms with Crippen molar-refractivity contribution in [1.82, 2.24) is 4.98 Å². The number of hydrogen-bond acceptors (Lipinski definition) is 3. The van der Waals surface area contributed by atoms with E-state index in [0.29, 0.717) is 22.6 Å². The monoisotopic (exact) mass is 313 g/mol. The van der Waals surface area contributed by atoms with Crippen LogP contribution in [0.15, 0.2) is 54.4 Å². The minimum absolute atomic E-state index is 0.0156. The average molecular weight is 314 g/mol. The zero-order chi connectivity index (χ0) is 15.5. The van der Waals surface area contributed by atoms with Crippen LogP contribution >= 0.6 is 11.6 Å². The van der Waals surface area contributed by atoms with Gasteiger partial charge in [-0.15, -0.1) is 0 Å². The van der Waals surface area contributed by atoms with Crippen LogP contribution in [0.25, 0.3) is 11.1 Å². The number of pyridine rings is 1. The Kier molecular flexibility index (Phi) is 4.36. The third kappa shape index (κ3) is 2.96. The molecule has 22 heavy (non-hydrogen) atoms. The highest BCUT2D eigenvalue weighted by atomic mass is 35.5. The Balaban J connectivity index is 1.96. The largest absolute Gasteiger partial charge is 0.383 e. The fourth-order valence-electron chi connectivity index (χ4n) is 2.67. The number of nitrogens with zero attached hydrogens (tertiary/aromatic N) is 1. The van der Waals surface area contributed by atoms with E-state index in [1.165, 1.54) is 0 Å². The van der Waals surface area contributed by atoms with Crippen LogP contribution in [0.4, 0.5) is 0 Å². The first-order chi connectivity index (χ1) is 10.7. The van der Waals surface area contributed by atoms with Crippen LogP contribution in [-0.2, 0) is 4.79 Å². The molecule has 0 aliphatic heterocycles. The molecular formula is C18H16ClNO2. The number of hydrogen-bond donors (Lipinski definition) is 1. The quantitative estimate of drug-likeness (QED) is 0.927. The number of carbonyl (C=O) groups is 1. The number of aliphatic hydroxyl groups is 1. The molecule has 3 rings (SSSR count). The van der Waals surface area contributed by atoms with Crippen molar-refractivity contribution < 1.29 is 9.90 Å². The van der Waals surface area contributed by atoms with Gasteiger partial charge >= 0.3 is 0 Å². The molecule has 1 N–H and O–H groups in total. The highest BCUT2D eigenvalue weighted by Gasteiger charge is 2.23. The van der Waals surface area contributed by atoms with Crippen molar-refractivity contribution in [2.75, 3.05) is 0 Å². The second-order valence-electron chi connectivity index (χ2n) is 5.36. The van der Waals surface area contributed by atoms with Gasteiger partial charge in [0.2, 0.25) is 0 Å². The maximum atomic E-state index is 11.9. The fraction of sp³-hybridized carbons (Fsp3) is 0.222. The number of carbonyl (C=O) groups excluding carboxylic acids is 1. The van der Waals surface area contributed by atoms with Crippen molar-refractivity contribution in [2.45, 2.75) is 25.4 Å². The van der Waals surface area contributed by atoms with E-state index in [1.54, 1.807) is 12.4 Å². The Labute approximate surface area is 134 Å². The molecule has 1 aromatic carbocycles. The molecule has 0 amide bonds. The van der Waals surface area contributed by atoms with Gasteiger partial charge in [0.05, 0.1) is 0 Å². The molecule has 1 aromatic heterocycles. The highest BCUT2D eigenvalue weighted by molar-refractivity contribution is 6.33. The fourth-order valence-corrected chi connectivity index (χ4v) is 2.92. The zero-order valence-electron chi connectivity index (χ0n) is 12.0. The van der Waals surface area contributed by atoms with Crippen LogP contribution in [-0.4, -0.2) is 15.9 Å². The Morgan fingerprint density at radius 2 is 2.05 bits per heavy atom. The zero-order valence-corrected chi connectivity index (χ0v) is 12.8. The van der Waals surface area contributed by atoms with E-state index in [0.717, 1.165) is 24.0 Å². The van der Waals surface area contributed by atoms with Crippen LogP contribution in [0, 0.1) is 0 Å². The topological polar surface area (TPSA) is 50.2 Å². The van der Waals surface area contributed by atoms with E-state index in [2.05, 4.69) is 4.98 Å². The summed E-state index contributed by atoms with van der Waals surface area (Å²) in [5, 5.41) is 11.1. The lowest BCUT2D eigenvalue weighted by atomic mass is 9.90. The van der Waals surface area contributed by atoms with Crippen LogP contribution in [0.3, 0.4) is 0 Å². The second kappa shape index (κ2) is 6.42. The molecule has 2 aromatic rings. The van der Waals surface area contributed by atoms with E-state index in [4.69, 9.17) is 11.6 Å². The van der Waals surface area contributed by atoms with E-state index >= 15 is 0 Å². The van der Waals surface area contributed by atoms with Gasteiger partial charge in [0, 0.05) is 46.1 Å². The molecule has 112 valence electrons. The summed E-state index contributed by atoms with van der Waals surface area (Å²) in [7, 11) is 0. The molecule has 0 saturated heterocycles. The van der Waals surface area contributed by atoms with Crippen molar-refractivity contribution in [3.05, 3.63) is 65.0 Å². The van der Waals surface area contributed by atoms with E-state index in [9.17, 15) is 9.90 Å². The lowest BCUT2D eigenvalue weighted by molar-refractivity contribution is -0.117. The Hall–Kier alpha value is -1.97. The summed E-state index contributed by atoms with van der Waals surface area (Å²) < 4.78 is 0. The SMILES string of the molecule is O=C1CCCC=C1C(O)c1cncc(-c2ccccc2Cl)c1. The summed E-state index contributed by atoms with van der Waals surface area (Å²) in [5.74, 6) is 0.0156. The molecule has 1 unspecified atom stereocenters. The summed E-state index contributed by atoms with van der Waals surface area (Å²) >= 11 is 6.21. The number of benzene rings is 1. The summed E-state index contributed by atoms with van der Waals surface area (Å²) in [6.45, 7) is 0. The Morgan fingerprint density at radius 3 is 2.82 bits per heavy atom. The summed E-state index contributed by atoms with van der Waals surface area (Å²) in [5.41, 5.74) is 2.77.